The minimum Gasteiger partial charge on any atom is -0.352 e. The number of nitrogens with zero attached hydrogens (tertiary/aromatic N) is 1. The Morgan fingerprint density at radius 1 is 1.26 bits per heavy atom. The first-order chi connectivity index (χ1) is 13.0. The number of H-pyrrole nitrogens is 1. The number of aromatic nitrogens is 2. The molecule has 0 radical (unpaired) electrons. The van der Waals surface area contributed by atoms with E-state index >= 15 is 0 Å². The summed E-state index contributed by atoms with van der Waals surface area (Å²) in [5.41, 5.74) is 0.770. The van der Waals surface area contributed by atoms with Crippen molar-refractivity contribution < 1.29 is 9.59 Å². The summed E-state index contributed by atoms with van der Waals surface area (Å²) in [4.78, 5) is 42.2. The lowest BCUT2D eigenvalue weighted by atomic mass is 10.2. The number of hydrogen-bond donors (Lipinski definition) is 3. The van der Waals surface area contributed by atoms with E-state index in [9.17, 15) is 14.4 Å². The van der Waals surface area contributed by atoms with Crippen LogP contribution < -0.4 is 16.2 Å². The van der Waals surface area contributed by atoms with Gasteiger partial charge in [-0.15, -0.1) is 6.58 Å². The summed E-state index contributed by atoms with van der Waals surface area (Å²) in [5.74, 6) is -0.419. The van der Waals surface area contributed by atoms with Crippen LogP contribution in [0.25, 0.3) is 0 Å². The van der Waals surface area contributed by atoms with Crippen molar-refractivity contribution in [1.82, 2.24) is 20.6 Å². The van der Waals surface area contributed by atoms with Crippen LogP contribution in [0.5, 0.6) is 0 Å². The topological polar surface area (TPSA) is 104 Å². The van der Waals surface area contributed by atoms with Crippen LogP contribution in [-0.2, 0) is 22.6 Å². The lowest BCUT2D eigenvalue weighted by Crippen LogP contribution is -2.26. The number of thioether (sulfide) groups is 1. The number of rotatable bonds is 9. The van der Waals surface area contributed by atoms with E-state index in [1.807, 2.05) is 18.2 Å². The number of amides is 2. The molecular weight excluding hydrogens is 388 g/mol. The minimum absolute atomic E-state index is 0.0238. The van der Waals surface area contributed by atoms with E-state index in [0.29, 0.717) is 23.8 Å². The van der Waals surface area contributed by atoms with Gasteiger partial charge in [-0.3, -0.25) is 14.4 Å². The highest BCUT2D eigenvalue weighted by Gasteiger charge is 2.09. The molecule has 0 atom stereocenters. The molecule has 2 amide bonds. The maximum absolute atomic E-state index is 12.0. The van der Waals surface area contributed by atoms with Crippen molar-refractivity contribution in [1.29, 1.82) is 0 Å². The molecule has 0 aliphatic heterocycles. The number of carbonyl (C=O) groups is 2. The van der Waals surface area contributed by atoms with E-state index in [4.69, 9.17) is 11.6 Å². The summed E-state index contributed by atoms with van der Waals surface area (Å²) >= 11 is 7.13. The fourth-order valence-electron chi connectivity index (χ4n) is 2.08. The molecule has 2 rings (SSSR count). The standard InChI is InChI=1S/C18H19ClN4O3S/c1-2-7-20-15(24)8-13-9-16(25)23-18(22-13)27-11-17(26)21-10-12-5-3-4-6-14(12)19/h2-6,9H,1,7-8,10-11H2,(H,20,24)(H,21,26)(H,22,23,25). The molecule has 142 valence electrons. The number of carbonyl (C=O) groups excluding carboxylic acids is 2. The Labute approximate surface area is 165 Å². The van der Waals surface area contributed by atoms with E-state index in [0.717, 1.165) is 17.3 Å². The molecule has 7 nitrogen and oxygen atoms in total. The zero-order valence-electron chi connectivity index (χ0n) is 14.5. The largest absolute Gasteiger partial charge is 0.352 e. The predicted octanol–water partition coefficient (Wildman–Crippen LogP) is 1.68. The summed E-state index contributed by atoms with van der Waals surface area (Å²) in [6, 6.07) is 8.50. The van der Waals surface area contributed by atoms with Gasteiger partial charge in [0.2, 0.25) is 11.8 Å². The molecule has 3 N–H and O–H groups in total. The van der Waals surface area contributed by atoms with Gasteiger partial charge in [-0.25, -0.2) is 4.98 Å². The van der Waals surface area contributed by atoms with Gasteiger partial charge in [0.05, 0.1) is 17.9 Å². The van der Waals surface area contributed by atoms with E-state index in [1.165, 1.54) is 6.07 Å². The molecule has 0 aliphatic carbocycles. The van der Waals surface area contributed by atoms with Crippen LogP contribution in [-0.4, -0.2) is 34.1 Å². The molecule has 0 saturated carbocycles. The molecular formula is C18H19ClN4O3S. The molecule has 0 bridgehead atoms. The molecule has 1 aromatic heterocycles. The van der Waals surface area contributed by atoms with E-state index in [1.54, 1.807) is 12.1 Å². The van der Waals surface area contributed by atoms with Gasteiger partial charge >= 0.3 is 0 Å². The average Bonchev–Trinajstić information content (AvgIpc) is 2.63. The van der Waals surface area contributed by atoms with E-state index < -0.39 is 0 Å². The molecule has 27 heavy (non-hydrogen) atoms. The number of hydrogen-bond acceptors (Lipinski definition) is 5. The highest BCUT2D eigenvalue weighted by atomic mass is 35.5. The second kappa shape index (κ2) is 10.5. The Balaban J connectivity index is 1.88. The molecule has 2 aromatic rings. The van der Waals surface area contributed by atoms with Crippen molar-refractivity contribution in [2.24, 2.45) is 0 Å². The number of nitrogens with one attached hydrogen (secondary N) is 3. The van der Waals surface area contributed by atoms with Crippen molar-refractivity contribution in [2.45, 2.75) is 18.1 Å². The second-order valence-electron chi connectivity index (χ2n) is 5.47. The van der Waals surface area contributed by atoms with Gasteiger partial charge in [0.1, 0.15) is 0 Å². The molecule has 9 heteroatoms. The third-order valence-electron chi connectivity index (χ3n) is 3.33. The molecule has 0 spiro atoms. The van der Waals surface area contributed by atoms with Crippen LogP contribution in [0, 0.1) is 0 Å². The number of aromatic amines is 1. The lowest BCUT2D eigenvalue weighted by molar-refractivity contribution is -0.120. The van der Waals surface area contributed by atoms with Crippen molar-refractivity contribution in [3.63, 3.8) is 0 Å². The number of benzene rings is 1. The fourth-order valence-corrected chi connectivity index (χ4v) is 3.00. The van der Waals surface area contributed by atoms with E-state index in [-0.39, 0.29) is 34.7 Å². The van der Waals surface area contributed by atoms with Gasteiger partial charge in [-0.05, 0) is 11.6 Å². The van der Waals surface area contributed by atoms with Crippen molar-refractivity contribution in [3.05, 3.63) is 69.6 Å². The van der Waals surface area contributed by atoms with Crippen molar-refractivity contribution >= 4 is 35.2 Å². The monoisotopic (exact) mass is 406 g/mol. The van der Waals surface area contributed by atoms with Crippen LogP contribution in [0.2, 0.25) is 5.02 Å². The normalized spacial score (nSPS) is 10.3. The molecule has 0 saturated heterocycles. The van der Waals surface area contributed by atoms with Crippen LogP contribution in [0.15, 0.2) is 52.9 Å². The fraction of sp³-hybridized carbons (Fsp3) is 0.222. The summed E-state index contributed by atoms with van der Waals surface area (Å²) in [7, 11) is 0. The Morgan fingerprint density at radius 3 is 2.78 bits per heavy atom. The minimum atomic E-state index is -0.379. The first-order valence-electron chi connectivity index (χ1n) is 8.08. The predicted molar refractivity (Wildman–Crippen MR) is 106 cm³/mol. The summed E-state index contributed by atoms with van der Waals surface area (Å²) in [6.07, 6.45) is 1.54. The van der Waals surface area contributed by atoms with E-state index in [2.05, 4.69) is 27.2 Å². The van der Waals surface area contributed by atoms with Gasteiger partial charge in [0.15, 0.2) is 5.16 Å². The smallest absolute Gasteiger partial charge is 0.251 e. The van der Waals surface area contributed by atoms with Crippen LogP contribution in [0.3, 0.4) is 0 Å². The molecule has 1 heterocycles. The highest BCUT2D eigenvalue weighted by molar-refractivity contribution is 7.99. The van der Waals surface area contributed by atoms with Crippen LogP contribution in [0.4, 0.5) is 0 Å². The Hall–Kier alpha value is -2.58. The summed E-state index contributed by atoms with van der Waals surface area (Å²) in [6.45, 7) is 4.17. The first kappa shape index (κ1) is 20.7. The highest BCUT2D eigenvalue weighted by Crippen LogP contribution is 2.15. The molecule has 0 fully saturated rings. The van der Waals surface area contributed by atoms with Gasteiger partial charge in [0, 0.05) is 24.2 Å². The SMILES string of the molecule is C=CCNC(=O)Cc1cc(=O)[nH]c(SCC(=O)NCc2ccccc2Cl)n1. The zero-order valence-corrected chi connectivity index (χ0v) is 16.0. The van der Waals surface area contributed by atoms with Gasteiger partial charge < -0.3 is 15.6 Å². The van der Waals surface area contributed by atoms with Gasteiger partial charge in [-0.1, -0.05) is 47.6 Å². The molecule has 0 unspecified atom stereocenters. The maximum atomic E-state index is 12.0. The second-order valence-corrected chi connectivity index (χ2v) is 6.84. The van der Waals surface area contributed by atoms with Crippen molar-refractivity contribution in [3.8, 4) is 0 Å². The first-order valence-corrected chi connectivity index (χ1v) is 9.45. The average molecular weight is 407 g/mol. The van der Waals surface area contributed by atoms with Gasteiger partial charge in [0.25, 0.3) is 5.56 Å². The molecule has 1 aromatic carbocycles. The third kappa shape index (κ3) is 7.28. The summed E-state index contributed by atoms with van der Waals surface area (Å²) < 4.78 is 0. The Kier molecular flexibility index (Phi) is 8.09. The van der Waals surface area contributed by atoms with Crippen LogP contribution in [0.1, 0.15) is 11.3 Å². The van der Waals surface area contributed by atoms with Crippen LogP contribution >= 0.6 is 23.4 Å². The van der Waals surface area contributed by atoms with Crippen molar-refractivity contribution in [2.75, 3.05) is 12.3 Å². The third-order valence-corrected chi connectivity index (χ3v) is 4.57. The molecule has 0 aliphatic rings. The quantitative estimate of drug-likeness (QED) is 0.334. The number of halogens is 1. The lowest BCUT2D eigenvalue weighted by Gasteiger charge is -2.07. The Morgan fingerprint density at radius 2 is 2.04 bits per heavy atom. The summed E-state index contributed by atoms with van der Waals surface area (Å²) in [5, 5.41) is 6.23. The van der Waals surface area contributed by atoms with Gasteiger partial charge in [-0.2, -0.15) is 0 Å². The maximum Gasteiger partial charge on any atom is 0.251 e. The Bertz CT molecular complexity index is 885. The zero-order chi connectivity index (χ0) is 19.6.